The lowest BCUT2D eigenvalue weighted by Crippen LogP contribution is -2.15. The molecule has 20 heavy (non-hydrogen) atoms. The van der Waals surface area contributed by atoms with Crippen LogP contribution in [-0.4, -0.2) is 9.97 Å². The molecule has 2 aliphatic carbocycles. The molecule has 0 atom stereocenters. The minimum absolute atomic E-state index is 0.405. The first-order valence-corrected chi connectivity index (χ1v) is 7.53. The van der Waals surface area contributed by atoms with E-state index in [0.717, 1.165) is 37.3 Å². The van der Waals surface area contributed by atoms with Crippen molar-refractivity contribution < 1.29 is 0 Å². The summed E-state index contributed by atoms with van der Waals surface area (Å²) in [6, 6.07) is 8.67. The van der Waals surface area contributed by atoms with Gasteiger partial charge in [-0.05, 0) is 49.7 Å². The maximum absolute atomic E-state index is 6.16. The number of benzene rings is 1. The Labute approximate surface area is 119 Å². The van der Waals surface area contributed by atoms with E-state index in [0.29, 0.717) is 5.92 Å². The number of hydrogen-bond acceptors (Lipinski definition) is 3. The average Bonchev–Trinajstić information content (AvgIpc) is 2.91. The van der Waals surface area contributed by atoms with Crippen molar-refractivity contribution in [1.82, 2.24) is 9.97 Å². The van der Waals surface area contributed by atoms with Crippen LogP contribution in [0.25, 0.3) is 0 Å². The van der Waals surface area contributed by atoms with Gasteiger partial charge in [0.2, 0.25) is 0 Å². The molecule has 0 unspecified atom stereocenters. The second-order valence-corrected chi connectivity index (χ2v) is 5.97. The normalized spacial score (nSPS) is 17.8. The van der Waals surface area contributed by atoms with Crippen LogP contribution >= 0.6 is 0 Å². The van der Waals surface area contributed by atoms with E-state index in [1.54, 1.807) is 0 Å². The molecule has 0 radical (unpaired) electrons. The lowest BCUT2D eigenvalue weighted by Gasteiger charge is -2.18. The third kappa shape index (κ3) is 1.89. The highest BCUT2D eigenvalue weighted by atomic mass is 15.0. The monoisotopic (exact) mass is 265 g/mol. The number of nitrogens with zero attached hydrogens (tertiary/aromatic N) is 2. The number of nitrogen functional groups attached to an aromatic ring is 1. The van der Waals surface area contributed by atoms with Gasteiger partial charge in [0.05, 0.1) is 0 Å². The highest BCUT2D eigenvalue weighted by Gasteiger charge is 2.26. The predicted octanol–water partition coefficient (Wildman–Crippen LogP) is 2.82. The summed E-state index contributed by atoms with van der Waals surface area (Å²) < 4.78 is 0. The summed E-state index contributed by atoms with van der Waals surface area (Å²) in [7, 11) is 0. The van der Waals surface area contributed by atoms with Gasteiger partial charge in [-0.25, -0.2) is 9.97 Å². The Balaban J connectivity index is 1.69. The average molecular weight is 265 g/mol. The summed E-state index contributed by atoms with van der Waals surface area (Å²) in [5.74, 6) is 2.09. The molecule has 3 heteroatoms. The molecular formula is C17H19N3. The molecule has 1 heterocycles. The Kier molecular flexibility index (Phi) is 2.72. The van der Waals surface area contributed by atoms with Crippen LogP contribution in [0.5, 0.6) is 0 Å². The zero-order chi connectivity index (χ0) is 13.5. The summed E-state index contributed by atoms with van der Waals surface area (Å²) in [5, 5.41) is 0. The van der Waals surface area contributed by atoms with Crippen LogP contribution in [0, 0.1) is 0 Å². The van der Waals surface area contributed by atoms with Crippen LogP contribution in [0.3, 0.4) is 0 Å². The van der Waals surface area contributed by atoms with Crippen LogP contribution in [0.2, 0.25) is 0 Å². The van der Waals surface area contributed by atoms with E-state index in [1.807, 2.05) is 0 Å². The summed E-state index contributed by atoms with van der Waals surface area (Å²) in [5.41, 5.74) is 11.5. The molecule has 0 fully saturated rings. The van der Waals surface area contributed by atoms with Crippen molar-refractivity contribution in [2.24, 2.45) is 0 Å². The quantitative estimate of drug-likeness (QED) is 0.862. The molecule has 4 rings (SSSR count). The highest BCUT2D eigenvalue weighted by molar-refractivity contribution is 5.45. The van der Waals surface area contributed by atoms with Crippen molar-refractivity contribution in [3.63, 3.8) is 0 Å². The molecule has 2 aromatic rings. The van der Waals surface area contributed by atoms with Crippen LogP contribution in [-0.2, 0) is 25.7 Å². The Bertz CT molecular complexity index is 638. The number of nitrogens with two attached hydrogens (primary N) is 1. The fourth-order valence-electron chi connectivity index (χ4n) is 3.57. The first-order valence-electron chi connectivity index (χ1n) is 7.53. The van der Waals surface area contributed by atoms with E-state index < -0.39 is 0 Å². The lowest BCUT2D eigenvalue weighted by molar-refractivity contribution is 0.628. The second kappa shape index (κ2) is 4.58. The van der Waals surface area contributed by atoms with Crippen LogP contribution in [0.4, 0.5) is 5.82 Å². The van der Waals surface area contributed by atoms with Crippen LogP contribution in [0.15, 0.2) is 24.3 Å². The third-order valence-electron chi connectivity index (χ3n) is 4.65. The van der Waals surface area contributed by atoms with Gasteiger partial charge in [0.1, 0.15) is 11.6 Å². The number of fused-ring (bicyclic) bond motifs is 2. The first-order chi connectivity index (χ1) is 9.81. The molecule has 2 N–H and O–H groups in total. The molecular weight excluding hydrogens is 246 g/mol. The maximum atomic E-state index is 6.16. The third-order valence-corrected chi connectivity index (χ3v) is 4.65. The smallest absolute Gasteiger partial charge is 0.134 e. The number of aryl methyl sites for hydroxylation is 1. The van der Waals surface area contributed by atoms with Gasteiger partial charge >= 0.3 is 0 Å². The number of aromatic nitrogens is 2. The Morgan fingerprint density at radius 1 is 0.950 bits per heavy atom. The first kappa shape index (κ1) is 11.9. The standard InChI is InChI=1S/C17H19N3/c18-16-14-7-3-4-8-15(14)19-17(20-16)13-9-11-5-1-2-6-12(11)10-13/h1-2,5-6,13H,3-4,7-10H2,(H2,18,19,20). The Hall–Kier alpha value is -1.90. The van der Waals surface area contributed by atoms with Crippen LogP contribution in [0.1, 0.15) is 47.0 Å². The van der Waals surface area contributed by atoms with Crippen molar-refractivity contribution in [3.05, 3.63) is 52.5 Å². The van der Waals surface area contributed by atoms with Gasteiger partial charge in [0, 0.05) is 17.2 Å². The van der Waals surface area contributed by atoms with Crippen LogP contribution < -0.4 is 5.73 Å². The van der Waals surface area contributed by atoms with Crippen molar-refractivity contribution in [2.45, 2.75) is 44.4 Å². The molecule has 0 saturated heterocycles. The fourth-order valence-corrected chi connectivity index (χ4v) is 3.57. The molecule has 3 nitrogen and oxygen atoms in total. The molecule has 1 aromatic carbocycles. The summed E-state index contributed by atoms with van der Waals surface area (Å²) in [6.07, 6.45) is 6.66. The minimum Gasteiger partial charge on any atom is -0.383 e. The van der Waals surface area contributed by atoms with E-state index >= 15 is 0 Å². The Morgan fingerprint density at radius 3 is 2.40 bits per heavy atom. The SMILES string of the molecule is Nc1nc(C2Cc3ccccc3C2)nc2c1CCCC2. The van der Waals surface area contributed by atoms with E-state index in [9.17, 15) is 0 Å². The van der Waals surface area contributed by atoms with E-state index in [-0.39, 0.29) is 0 Å². The van der Waals surface area contributed by atoms with Crippen molar-refractivity contribution in [2.75, 3.05) is 5.73 Å². The van der Waals surface area contributed by atoms with E-state index in [1.165, 1.54) is 35.2 Å². The topological polar surface area (TPSA) is 51.8 Å². The largest absolute Gasteiger partial charge is 0.383 e. The van der Waals surface area contributed by atoms with Gasteiger partial charge in [0.25, 0.3) is 0 Å². The molecule has 102 valence electrons. The van der Waals surface area contributed by atoms with Gasteiger partial charge in [-0.3, -0.25) is 0 Å². The van der Waals surface area contributed by atoms with Gasteiger partial charge in [0.15, 0.2) is 0 Å². The van der Waals surface area contributed by atoms with Gasteiger partial charge < -0.3 is 5.73 Å². The molecule has 0 amide bonds. The minimum atomic E-state index is 0.405. The van der Waals surface area contributed by atoms with E-state index in [2.05, 4.69) is 29.2 Å². The molecule has 0 bridgehead atoms. The molecule has 0 saturated carbocycles. The zero-order valence-corrected chi connectivity index (χ0v) is 11.6. The molecule has 2 aliphatic rings. The summed E-state index contributed by atoms with van der Waals surface area (Å²) >= 11 is 0. The number of anilines is 1. The lowest BCUT2D eigenvalue weighted by atomic mass is 9.95. The van der Waals surface area contributed by atoms with Gasteiger partial charge in [-0.15, -0.1) is 0 Å². The molecule has 1 aromatic heterocycles. The van der Waals surface area contributed by atoms with Crippen molar-refractivity contribution in [3.8, 4) is 0 Å². The number of hydrogen-bond donors (Lipinski definition) is 1. The zero-order valence-electron chi connectivity index (χ0n) is 11.6. The van der Waals surface area contributed by atoms with Gasteiger partial charge in [-0.2, -0.15) is 0 Å². The van der Waals surface area contributed by atoms with Gasteiger partial charge in [-0.1, -0.05) is 24.3 Å². The Morgan fingerprint density at radius 2 is 1.65 bits per heavy atom. The summed E-state index contributed by atoms with van der Waals surface area (Å²) in [4.78, 5) is 9.47. The summed E-state index contributed by atoms with van der Waals surface area (Å²) in [6.45, 7) is 0. The molecule has 0 spiro atoms. The van der Waals surface area contributed by atoms with Crippen molar-refractivity contribution >= 4 is 5.82 Å². The second-order valence-electron chi connectivity index (χ2n) is 5.97. The highest BCUT2D eigenvalue weighted by Crippen LogP contribution is 2.34. The van der Waals surface area contributed by atoms with E-state index in [4.69, 9.17) is 10.7 Å². The molecule has 0 aliphatic heterocycles. The predicted molar refractivity (Wildman–Crippen MR) is 79.7 cm³/mol. The maximum Gasteiger partial charge on any atom is 0.134 e. The fraction of sp³-hybridized carbons (Fsp3) is 0.412. The van der Waals surface area contributed by atoms with Crippen molar-refractivity contribution in [1.29, 1.82) is 0 Å². The number of rotatable bonds is 1.